The van der Waals surface area contributed by atoms with Crippen LogP contribution in [-0.2, 0) is 6.42 Å². The highest BCUT2D eigenvalue weighted by molar-refractivity contribution is 5.60. The summed E-state index contributed by atoms with van der Waals surface area (Å²) in [5, 5.41) is 21.2. The van der Waals surface area contributed by atoms with Crippen LogP contribution in [0.1, 0.15) is 5.56 Å². The maximum Gasteiger partial charge on any atom is 0.269 e. The topological polar surface area (TPSA) is 75.7 Å². The van der Waals surface area contributed by atoms with Gasteiger partial charge in [-0.25, -0.2) is 0 Å². The van der Waals surface area contributed by atoms with Crippen molar-refractivity contribution in [2.24, 2.45) is 5.16 Å². The lowest BCUT2D eigenvalue weighted by atomic mass is 10.1. The normalized spacial score (nSPS) is 10.5. The molecule has 0 saturated heterocycles. The van der Waals surface area contributed by atoms with Crippen molar-refractivity contribution in [3.05, 3.63) is 39.9 Å². The van der Waals surface area contributed by atoms with Gasteiger partial charge in [-0.15, -0.1) is 5.16 Å². The van der Waals surface area contributed by atoms with Crippen molar-refractivity contribution < 1.29 is 10.1 Å². The van der Waals surface area contributed by atoms with Gasteiger partial charge in [0.15, 0.2) is 0 Å². The molecule has 0 unspecified atom stereocenters. The van der Waals surface area contributed by atoms with E-state index < -0.39 is 4.92 Å². The zero-order valence-electron chi connectivity index (χ0n) is 6.75. The van der Waals surface area contributed by atoms with Crippen LogP contribution < -0.4 is 0 Å². The fourth-order valence-corrected chi connectivity index (χ4v) is 0.900. The number of benzene rings is 1. The molecule has 0 atom stereocenters. The summed E-state index contributed by atoms with van der Waals surface area (Å²) in [6, 6.07) is 6.08. The Morgan fingerprint density at radius 3 is 2.54 bits per heavy atom. The number of nitro benzene ring substituents is 1. The van der Waals surface area contributed by atoms with Crippen LogP contribution in [0.3, 0.4) is 0 Å². The first-order chi connectivity index (χ1) is 6.24. The van der Waals surface area contributed by atoms with E-state index in [-0.39, 0.29) is 5.69 Å². The van der Waals surface area contributed by atoms with Gasteiger partial charge in [0.2, 0.25) is 0 Å². The molecule has 0 saturated carbocycles. The van der Waals surface area contributed by atoms with Gasteiger partial charge >= 0.3 is 0 Å². The summed E-state index contributed by atoms with van der Waals surface area (Å²) in [5.74, 6) is 0. The molecule has 5 heteroatoms. The third kappa shape index (κ3) is 2.55. The lowest BCUT2D eigenvalue weighted by Crippen LogP contribution is -1.89. The number of non-ortho nitro benzene ring substituents is 1. The number of nitro groups is 1. The van der Waals surface area contributed by atoms with Gasteiger partial charge in [-0.3, -0.25) is 10.1 Å². The first-order valence-electron chi connectivity index (χ1n) is 3.63. The van der Waals surface area contributed by atoms with Gasteiger partial charge in [0, 0.05) is 24.8 Å². The van der Waals surface area contributed by atoms with Crippen molar-refractivity contribution in [1.29, 1.82) is 0 Å². The minimum absolute atomic E-state index is 0.0599. The predicted octanol–water partition coefficient (Wildman–Crippen LogP) is 1.60. The maximum atomic E-state index is 10.3. The van der Waals surface area contributed by atoms with E-state index in [0.29, 0.717) is 6.42 Å². The highest BCUT2D eigenvalue weighted by Gasteiger charge is 2.02. The zero-order valence-corrected chi connectivity index (χ0v) is 6.75. The number of nitrogens with zero attached hydrogens (tertiary/aromatic N) is 2. The van der Waals surface area contributed by atoms with Crippen LogP contribution in [0.15, 0.2) is 29.4 Å². The highest BCUT2D eigenvalue weighted by Crippen LogP contribution is 2.11. The van der Waals surface area contributed by atoms with Gasteiger partial charge in [0.05, 0.1) is 4.92 Å². The number of rotatable bonds is 3. The smallest absolute Gasteiger partial charge is 0.269 e. The van der Waals surface area contributed by atoms with Gasteiger partial charge in [0.25, 0.3) is 5.69 Å². The Labute approximate surface area is 74.5 Å². The van der Waals surface area contributed by atoms with Crippen molar-refractivity contribution in [2.75, 3.05) is 0 Å². The van der Waals surface area contributed by atoms with E-state index in [1.54, 1.807) is 12.1 Å². The summed E-state index contributed by atoms with van der Waals surface area (Å²) in [5.41, 5.74) is 0.924. The van der Waals surface area contributed by atoms with E-state index in [2.05, 4.69) is 5.16 Å². The quantitative estimate of drug-likeness (QED) is 0.332. The molecule has 0 heterocycles. The fraction of sp³-hybridized carbons (Fsp3) is 0.125. The molecule has 5 nitrogen and oxygen atoms in total. The molecule has 0 aliphatic carbocycles. The predicted molar refractivity (Wildman–Crippen MR) is 47.1 cm³/mol. The van der Waals surface area contributed by atoms with Gasteiger partial charge in [-0.2, -0.15) is 0 Å². The molecule has 1 rings (SSSR count). The van der Waals surface area contributed by atoms with E-state index in [0.717, 1.165) is 5.56 Å². The first-order valence-corrected chi connectivity index (χ1v) is 3.63. The van der Waals surface area contributed by atoms with Crippen LogP contribution in [0.2, 0.25) is 0 Å². The second-order valence-electron chi connectivity index (χ2n) is 2.43. The molecule has 1 N–H and O–H groups in total. The van der Waals surface area contributed by atoms with E-state index in [1.165, 1.54) is 18.3 Å². The fourth-order valence-electron chi connectivity index (χ4n) is 0.900. The average Bonchev–Trinajstić information content (AvgIpc) is 2.15. The van der Waals surface area contributed by atoms with Crippen molar-refractivity contribution in [3.63, 3.8) is 0 Å². The van der Waals surface area contributed by atoms with E-state index in [9.17, 15) is 10.1 Å². The number of oxime groups is 1. The van der Waals surface area contributed by atoms with Crippen molar-refractivity contribution in [2.45, 2.75) is 6.42 Å². The summed E-state index contributed by atoms with van der Waals surface area (Å²) < 4.78 is 0. The zero-order chi connectivity index (χ0) is 9.68. The van der Waals surface area contributed by atoms with E-state index in [1.807, 2.05) is 0 Å². The van der Waals surface area contributed by atoms with Crippen molar-refractivity contribution in [3.8, 4) is 0 Å². The second kappa shape index (κ2) is 4.20. The monoisotopic (exact) mass is 180 g/mol. The van der Waals surface area contributed by atoms with Crippen LogP contribution in [0.25, 0.3) is 0 Å². The van der Waals surface area contributed by atoms with Crippen LogP contribution in [-0.4, -0.2) is 16.3 Å². The molecule has 68 valence electrons. The molecule has 0 spiro atoms. The highest BCUT2D eigenvalue weighted by atomic mass is 16.6. The number of hydrogen-bond acceptors (Lipinski definition) is 4. The van der Waals surface area contributed by atoms with Crippen molar-refractivity contribution in [1.82, 2.24) is 0 Å². The molecule has 0 radical (unpaired) electrons. The lowest BCUT2D eigenvalue weighted by molar-refractivity contribution is -0.384. The minimum Gasteiger partial charge on any atom is -0.411 e. The van der Waals surface area contributed by atoms with Gasteiger partial charge < -0.3 is 5.21 Å². The third-order valence-corrected chi connectivity index (χ3v) is 1.56. The molecule has 0 aliphatic rings. The molecule has 0 amide bonds. The van der Waals surface area contributed by atoms with Gasteiger partial charge in [-0.05, 0) is 5.56 Å². The number of hydrogen-bond donors (Lipinski definition) is 1. The Bertz CT molecular complexity index is 319. The summed E-state index contributed by atoms with van der Waals surface area (Å²) >= 11 is 0. The van der Waals surface area contributed by atoms with Crippen LogP contribution in [0, 0.1) is 10.1 Å². The molecule has 0 fully saturated rings. The summed E-state index contributed by atoms with van der Waals surface area (Å²) in [7, 11) is 0. The Hall–Kier alpha value is -1.91. The second-order valence-corrected chi connectivity index (χ2v) is 2.43. The standard InChI is InChI=1S/C8H8N2O3/c11-9-6-5-7-1-3-8(4-2-7)10(12)13/h1-4,6,11H,5H2. The van der Waals surface area contributed by atoms with Crippen LogP contribution in [0.4, 0.5) is 5.69 Å². The SMILES string of the molecule is O=[N+]([O-])c1ccc(CC=NO)cc1. The van der Waals surface area contributed by atoms with Crippen molar-refractivity contribution >= 4 is 11.9 Å². The average molecular weight is 180 g/mol. The molecule has 0 aromatic heterocycles. The molecule has 1 aromatic carbocycles. The maximum absolute atomic E-state index is 10.3. The molecule has 13 heavy (non-hydrogen) atoms. The third-order valence-electron chi connectivity index (χ3n) is 1.56. The first kappa shape index (κ1) is 9.18. The Morgan fingerprint density at radius 2 is 2.08 bits per heavy atom. The molecule has 1 aromatic rings. The lowest BCUT2D eigenvalue weighted by Gasteiger charge is -1.94. The Balaban J connectivity index is 2.75. The summed E-state index contributed by atoms with van der Waals surface area (Å²) in [4.78, 5) is 9.81. The molecular formula is C8H8N2O3. The van der Waals surface area contributed by atoms with Gasteiger partial charge in [-0.1, -0.05) is 12.1 Å². The summed E-state index contributed by atoms with van der Waals surface area (Å²) in [6.07, 6.45) is 1.79. The molecular weight excluding hydrogens is 172 g/mol. The molecule has 0 bridgehead atoms. The molecule has 0 aliphatic heterocycles. The summed E-state index contributed by atoms with van der Waals surface area (Å²) in [6.45, 7) is 0. The van der Waals surface area contributed by atoms with E-state index in [4.69, 9.17) is 5.21 Å². The Morgan fingerprint density at radius 1 is 1.46 bits per heavy atom. The van der Waals surface area contributed by atoms with Crippen LogP contribution >= 0.6 is 0 Å². The van der Waals surface area contributed by atoms with E-state index >= 15 is 0 Å². The van der Waals surface area contributed by atoms with Gasteiger partial charge in [0.1, 0.15) is 0 Å². The largest absolute Gasteiger partial charge is 0.411 e. The van der Waals surface area contributed by atoms with Crippen LogP contribution in [0.5, 0.6) is 0 Å². The minimum atomic E-state index is -0.454. The Kier molecular flexibility index (Phi) is 2.97.